The molecule has 9 heteroatoms. The quantitative estimate of drug-likeness (QED) is 0.449. The lowest BCUT2D eigenvalue weighted by Crippen LogP contribution is -2.23. The Kier molecular flexibility index (Phi) is 5.48. The maximum Gasteiger partial charge on any atom is 0.344 e. The van der Waals surface area contributed by atoms with Crippen molar-refractivity contribution in [3.63, 3.8) is 0 Å². The first kappa shape index (κ1) is 21.2. The lowest BCUT2D eigenvalue weighted by molar-refractivity contribution is -0.144. The molecule has 0 aliphatic rings. The summed E-state index contributed by atoms with van der Waals surface area (Å²) in [6.07, 6.45) is 0.456. The SMILES string of the molecule is Cc1ccc(Oc2ncc3nc(-c4cc(C)c(OC(C)C(=O)O)c(C)c4)oc3n2)c(F)c1. The summed E-state index contributed by atoms with van der Waals surface area (Å²) < 4.78 is 30.8. The number of aromatic nitrogens is 3. The second-order valence-electron chi connectivity index (χ2n) is 7.44. The Morgan fingerprint density at radius 3 is 2.50 bits per heavy atom. The van der Waals surface area contributed by atoms with Crippen LogP contribution in [0.15, 0.2) is 40.9 Å². The molecule has 4 aromatic rings. The van der Waals surface area contributed by atoms with E-state index in [4.69, 9.17) is 19.0 Å². The summed E-state index contributed by atoms with van der Waals surface area (Å²) in [5, 5.41) is 9.09. The summed E-state index contributed by atoms with van der Waals surface area (Å²) in [7, 11) is 0. The minimum atomic E-state index is -1.05. The Labute approximate surface area is 182 Å². The summed E-state index contributed by atoms with van der Waals surface area (Å²) in [5.41, 5.74) is 3.51. The van der Waals surface area contributed by atoms with Crippen molar-refractivity contribution in [2.24, 2.45) is 0 Å². The predicted octanol–water partition coefficient (Wildman–Crippen LogP) is 4.99. The maximum absolute atomic E-state index is 14.0. The number of carbonyl (C=O) groups is 1. The van der Waals surface area contributed by atoms with Crippen molar-refractivity contribution in [3.05, 3.63) is 59.0 Å². The molecule has 0 saturated heterocycles. The van der Waals surface area contributed by atoms with Crippen molar-refractivity contribution in [2.75, 3.05) is 0 Å². The molecule has 1 unspecified atom stereocenters. The number of aryl methyl sites for hydroxylation is 3. The van der Waals surface area contributed by atoms with Crippen LogP contribution in [0.1, 0.15) is 23.6 Å². The van der Waals surface area contributed by atoms with Gasteiger partial charge in [-0.15, -0.1) is 0 Å². The van der Waals surface area contributed by atoms with Crippen molar-refractivity contribution in [3.8, 4) is 29.0 Å². The van der Waals surface area contributed by atoms with Gasteiger partial charge in [0.1, 0.15) is 11.3 Å². The molecule has 1 N–H and O–H groups in total. The lowest BCUT2D eigenvalue weighted by Gasteiger charge is -2.16. The zero-order valence-corrected chi connectivity index (χ0v) is 17.8. The van der Waals surface area contributed by atoms with Gasteiger partial charge >= 0.3 is 12.0 Å². The molecule has 0 amide bonds. The largest absolute Gasteiger partial charge is 0.479 e. The van der Waals surface area contributed by atoms with Gasteiger partial charge in [0.2, 0.25) is 5.89 Å². The van der Waals surface area contributed by atoms with Crippen molar-refractivity contribution in [2.45, 2.75) is 33.8 Å². The van der Waals surface area contributed by atoms with Crippen LogP contribution in [0.3, 0.4) is 0 Å². The van der Waals surface area contributed by atoms with E-state index >= 15 is 0 Å². The fourth-order valence-electron chi connectivity index (χ4n) is 3.17. The summed E-state index contributed by atoms with van der Waals surface area (Å²) in [4.78, 5) is 23.8. The molecule has 4 rings (SSSR count). The smallest absolute Gasteiger partial charge is 0.344 e. The molecule has 0 fully saturated rings. The molecule has 0 radical (unpaired) electrons. The molecule has 1 atom stereocenters. The number of benzene rings is 2. The molecule has 0 aliphatic carbocycles. The molecule has 2 aromatic carbocycles. The molecule has 164 valence electrons. The number of oxazole rings is 1. The topological polar surface area (TPSA) is 108 Å². The summed E-state index contributed by atoms with van der Waals surface area (Å²) in [5.74, 6) is -0.758. The van der Waals surface area contributed by atoms with Crippen LogP contribution in [0.2, 0.25) is 0 Å². The monoisotopic (exact) mass is 437 g/mol. The molecule has 0 bridgehead atoms. The fraction of sp³-hybridized carbons (Fsp3) is 0.217. The van der Waals surface area contributed by atoms with Crippen molar-refractivity contribution < 1.29 is 28.2 Å². The van der Waals surface area contributed by atoms with Crippen LogP contribution in [-0.2, 0) is 4.79 Å². The third kappa shape index (κ3) is 4.22. The Morgan fingerprint density at radius 2 is 1.84 bits per heavy atom. The van der Waals surface area contributed by atoms with Gasteiger partial charge in [-0.1, -0.05) is 6.07 Å². The number of aliphatic carboxylic acids is 1. The number of halogens is 1. The third-order valence-corrected chi connectivity index (χ3v) is 4.77. The van der Waals surface area contributed by atoms with Gasteiger partial charge in [0, 0.05) is 5.56 Å². The molecule has 2 aromatic heterocycles. The van der Waals surface area contributed by atoms with E-state index in [2.05, 4.69) is 15.0 Å². The van der Waals surface area contributed by atoms with Gasteiger partial charge < -0.3 is 19.0 Å². The number of rotatable bonds is 6. The second-order valence-corrected chi connectivity index (χ2v) is 7.44. The highest BCUT2D eigenvalue weighted by atomic mass is 19.1. The molecule has 8 nitrogen and oxygen atoms in total. The number of carboxylic acid groups (broad SMARTS) is 1. The van der Waals surface area contributed by atoms with Crippen LogP contribution in [0.5, 0.6) is 17.5 Å². The first-order valence-electron chi connectivity index (χ1n) is 9.80. The number of carboxylic acids is 1. The Balaban J connectivity index is 1.63. The highest BCUT2D eigenvalue weighted by Gasteiger charge is 2.18. The molecule has 0 aliphatic heterocycles. The highest BCUT2D eigenvalue weighted by Crippen LogP contribution is 2.32. The number of hydrogen-bond acceptors (Lipinski definition) is 7. The van der Waals surface area contributed by atoms with Crippen LogP contribution < -0.4 is 9.47 Å². The number of fused-ring (bicyclic) bond motifs is 1. The summed E-state index contributed by atoms with van der Waals surface area (Å²) >= 11 is 0. The Bertz CT molecular complexity index is 1310. The van der Waals surface area contributed by atoms with Crippen LogP contribution in [-0.4, -0.2) is 32.1 Å². The van der Waals surface area contributed by atoms with E-state index in [0.29, 0.717) is 22.7 Å². The van der Waals surface area contributed by atoms with E-state index < -0.39 is 17.9 Å². The van der Waals surface area contributed by atoms with Crippen molar-refractivity contribution in [1.82, 2.24) is 15.0 Å². The van der Waals surface area contributed by atoms with Crippen LogP contribution >= 0.6 is 0 Å². The maximum atomic E-state index is 14.0. The zero-order valence-electron chi connectivity index (χ0n) is 17.8. The first-order chi connectivity index (χ1) is 15.2. The van der Waals surface area contributed by atoms with Crippen molar-refractivity contribution >= 4 is 17.2 Å². The predicted molar refractivity (Wildman–Crippen MR) is 113 cm³/mol. The molecule has 32 heavy (non-hydrogen) atoms. The zero-order chi connectivity index (χ0) is 23.0. The Hall–Kier alpha value is -4.01. The van der Waals surface area contributed by atoms with Crippen molar-refractivity contribution in [1.29, 1.82) is 0 Å². The average Bonchev–Trinajstić information content (AvgIpc) is 3.16. The fourth-order valence-corrected chi connectivity index (χ4v) is 3.17. The first-order valence-corrected chi connectivity index (χ1v) is 9.80. The molecule has 0 spiro atoms. The third-order valence-electron chi connectivity index (χ3n) is 4.77. The normalized spacial score (nSPS) is 12.0. The number of ether oxygens (including phenoxy) is 2. The van der Waals surface area contributed by atoms with Crippen LogP contribution in [0.4, 0.5) is 4.39 Å². The van der Waals surface area contributed by atoms with Gasteiger partial charge in [0.05, 0.1) is 6.20 Å². The van der Waals surface area contributed by atoms with Gasteiger partial charge in [-0.2, -0.15) is 4.98 Å². The van der Waals surface area contributed by atoms with E-state index in [-0.39, 0.29) is 17.5 Å². The molecule has 0 saturated carbocycles. The van der Waals surface area contributed by atoms with Gasteiger partial charge in [-0.3, -0.25) is 0 Å². The van der Waals surface area contributed by atoms with Crippen LogP contribution in [0, 0.1) is 26.6 Å². The van der Waals surface area contributed by atoms with E-state index in [1.807, 2.05) is 13.8 Å². The highest BCUT2D eigenvalue weighted by molar-refractivity contribution is 5.74. The molecular formula is C23H20FN3O5. The summed E-state index contributed by atoms with van der Waals surface area (Å²) in [6, 6.07) is 8.09. The minimum absolute atomic E-state index is 0.00659. The lowest BCUT2D eigenvalue weighted by atomic mass is 10.1. The van der Waals surface area contributed by atoms with Gasteiger partial charge in [0.25, 0.3) is 5.71 Å². The minimum Gasteiger partial charge on any atom is -0.479 e. The van der Waals surface area contributed by atoms with Gasteiger partial charge in [-0.05, 0) is 68.7 Å². The van der Waals surface area contributed by atoms with Crippen LogP contribution in [0.25, 0.3) is 22.7 Å². The van der Waals surface area contributed by atoms with E-state index in [0.717, 1.165) is 16.7 Å². The summed E-state index contributed by atoms with van der Waals surface area (Å²) in [6.45, 7) is 6.87. The van der Waals surface area contributed by atoms with E-state index in [1.54, 1.807) is 25.1 Å². The second kappa shape index (κ2) is 8.26. The number of hydrogen-bond donors (Lipinski definition) is 1. The molecular weight excluding hydrogens is 417 g/mol. The van der Waals surface area contributed by atoms with Gasteiger partial charge in [0.15, 0.2) is 17.7 Å². The van der Waals surface area contributed by atoms with Gasteiger partial charge in [-0.25, -0.2) is 19.2 Å². The molecule has 2 heterocycles. The Morgan fingerprint density at radius 1 is 1.12 bits per heavy atom. The number of nitrogens with zero attached hydrogens (tertiary/aromatic N) is 3. The van der Waals surface area contributed by atoms with E-state index in [1.165, 1.54) is 25.3 Å². The van der Waals surface area contributed by atoms with E-state index in [9.17, 15) is 9.18 Å². The standard InChI is InChI=1S/C23H20FN3O5/c1-11-5-6-18(16(24)7-11)31-23-25-10-17-21(27-23)32-20(26-17)15-8-12(2)19(13(3)9-15)30-14(4)22(28)29/h5-10,14H,1-4H3,(H,28,29). The average molecular weight is 437 g/mol.